The summed E-state index contributed by atoms with van der Waals surface area (Å²) in [5.41, 5.74) is 6.75. The second kappa shape index (κ2) is 5.29. The van der Waals surface area contributed by atoms with E-state index in [-0.39, 0.29) is 12.0 Å². The molecule has 2 N–H and O–H groups in total. The molecule has 2 rings (SSSR count). The Labute approximate surface area is 116 Å². The third-order valence-electron chi connectivity index (χ3n) is 2.57. The number of anilines is 1. The summed E-state index contributed by atoms with van der Waals surface area (Å²) in [6, 6.07) is 0.290. The van der Waals surface area contributed by atoms with E-state index in [0.29, 0.717) is 10.7 Å². The minimum Gasteiger partial charge on any atom is -0.368 e. The van der Waals surface area contributed by atoms with Crippen LogP contribution in [0.2, 0.25) is 5.02 Å². The van der Waals surface area contributed by atoms with Gasteiger partial charge in [0.15, 0.2) is 0 Å². The molecule has 2 aromatic rings. The van der Waals surface area contributed by atoms with Gasteiger partial charge in [-0.3, -0.25) is 0 Å². The summed E-state index contributed by atoms with van der Waals surface area (Å²) in [4.78, 5) is 12.1. The third-order valence-corrected chi connectivity index (χ3v) is 2.85. The lowest BCUT2D eigenvalue weighted by Crippen LogP contribution is -2.05. The lowest BCUT2D eigenvalue weighted by molar-refractivity contribution is 0.577. The monoisotopic (exact) mass is 275 g/mol. The molecule has 98 valence electrons. The fraction of sp³-hybridized carbons (Fsp3) is 0.308. The Kier molecular flexibility index (Phi) is 3.72. The average Bonchev–Trinajstić information content (AvgIpc) is 2.72. The highest BCUT2D eigenvalue weighted by Crippen LogP contribution is 2.14. The van der Waals surface area contributed by atoms with Crippen LogP contribution in [0, 0.1) is 18.8 Å². The summed E-state index contributed by atoms with van der Waals surface area (Å²) in [7, 11) is 0. The molecule has 0 saturated heterocycles. The zero-order valence-corrected chi connectivity index (χ0v) is 11.7. The Bertz CT molecular complexity index is 663. The van der Waals surface area contributed by atoms with Crippen molar-refractivity contribution >= 4 is 17.5 Å². The highest BCUT2D eigenvalue weighted by molar-refractivity contribution is 6.31. The van der Waals surface area contributed by atoms with Crippen LogP contribution in [0.25, 0.3) is 0 Å². The Morgan fingerprint density at radius 2 is 2.00 bits per heavy atom. The number of nitrogens with zero attached hydrogens (tertiary/aromatic N) is 4. The molecule has 2 heterocycles. The van der Waals surface area contributed by atoms with Gasteiger partial charge in [-0.2, -0.15) is 0 Å². The smallest absolute Gasteiger partial charge is 0.221 e. The van der Waals surface area contributed by atoms with Crippen molar-refractivity contribution in [3.63, 3.8) is 0 Å². The number of imidazole rings is 1. The molecule has 0 radical (unpaired) electrons. The van der Waals surface area contributed by atoms with Crippen LogP contribution in [-0.2, 0) is 0 Å². The molecule has 0 aliphatic carbocycles. The van der Waals surface area contributed by atoms with Gasteiger partial charge in [-0.25, -0.2) is 15.0 Å². The highest BCUT2D eigenvalue weighted by Gasteiger charge is 2.07. The van der Waals surface area contributed by atoms with Gasteiger partial charge in [0, 0.05) is 6.04 Å². The molecule has 0 aliphatic heterocycles. The number of hydrogen-bond donors (Lipinski definition) is 1. The first-order chi connectivity index (χ1) is 8.99. The molecule has 0 unspecified atom stereocenters. The van der Waals surface area contributed by atoms with Gasteiger partial charge in [0.25, 0.3) is 0 Å². The van der Waals surface area contributed by atoms with Crippen molar-refractivity contribution in [2.45, 2.75) is 26.8 Å². The maximum absolute atomic E-state index is 5.96. The van der Waals surface area contributed by atoms with Crippen LogP contribution in [-0.4, -0.2) is 19.5 Å². The van der Waals surface area contributed by atoms with E-state index in [0.717, 1.165) is 11.5 Å². The molecule has 0 atom stereocenters. The Balaban J connectivity index is 2.42. The van der Waals surface area contributed by atoms with E-state index in [2.05, 4.69) is 40.6 Å². The molecule has 0 fully saturated rings. The lowest BCUT2D eigenvalue weighted by atomic mass is 10.3. The first-order valence-electron chi connectivity index (χ1n) is 5.83. The second-order valence-electron chi connectivity index (χ2n) is 4.33. The molecule has 0 bridgehead atoms. The Hall–Kier alpha value is -2.06. The van der Waals surface area contributed by atoms with Gasteiger partial charge in [0.2, 0.25) is 5.95 Å². The quantitative estimate of drug-likeness (QED) is 0.810. The fourth-order valence-electron chi connectivity index (χ4n) is 1.79. The summed E-state index contributed by atoms with van der Waals surface area (Å²) in [6.45, 7) is 6.10. The minimum atomic E-state index is 0.155. The van der Waals surface area contributed by atoms with Crippen molar-refractivity contribution in [1.82, 2.24) is 19.5 Å². The van der Waals surface area contributed by atoms with Crippen molar-refractivity contribution in [3.05, 3.63) is 34.6 Å². The fourth-order valence-corrected chi connectivity index (χ4v) is 1.93. The van der Waals surface area contributed by atoms with E-state index in [4.69, 9.17) is 17.3 Å². The number of nitrogens with two attached hydrogens (primary N) is 1. The van der Waals surface area contributed by atoms with Crippen molar-refractivity contribution < 1.29 is 0 Å². The molecule has 6 heteroatoms. The summed E-state index contributed by atoms with van der Waals surface area (Å²) in [6.07, 6.45) is 3.18. The largest absolute Gasteiger partial charge is 0.368 e. The van der Waals surface area contributed by atoms with E-state index < -0.39 is 0 Å². The van der Waals surface area contributed by atoms with Crippen LogP contribution < -0.4 is 5.73 Å². The molecule has 5 nitrogen and oxygen atoms in total. The molecule has 19 heavy (non-hydrogen) atoms. The summed E-state index contributed by atoms with van der Waals surface area (Å²) < 4.78 is 2.05. The van der Waals surface area contributed by atoms with Gasteiger partial charge in [0.1, 0.15) is 17.2 Å². The number of aryl methyl sites for hydroxylation is 1. The van der Waals surface area contributed by atoms with Crippen molar-refractivity contribution in [2.75, 3.05) is 5.73 Å². The number of halogens is 1. The van der Waals surface area contributed by atoms with E-state index in [1.54, 1.807) is 6.20 Å². The Morgan fingerprint density at radius 1 is 1.26 bits per heavy atom. The van der Waals surface area contributed by atoms with Crippen molar-refractivity contribution in [2.24, 2.45) is 0 Å². The van der Waals surface area contributed by atoms with Gasteiger partial charge in [-0.15, -0.1) is 0 Å². The second-order valence-corrected chi connectivity index (χ2v) is 4.74. The third kappa shape index (κ3) is 2.85. The van der Waals surface area contributed by atoms with Gasteiger partial charge in [-0.1, -0.05) is 11.6 Å². The summed E-state index contributed by atoms with van der Waals surface area (Å²) in [5, 5.41) is 0.383. The molecular formula is C13H14ClN5. The topological polar surface area (TPSA) is 69.6 Å². The van der Waals surface area contributed by atoms with E-state index in [1.807, 2.05) is 11.5 Å². The van der Waals surface area contributed by atoms with Crippen LogP contribution in [0.5, 0.6) is 0 Å². The van der Waals surface area contributed by atoms with Crippen LogP contribution in [0.4, 0.5) is 5.95 Å². The molecule has 0 aromatic carbocycles. The average molecular weight is 276 g/mol. The maximum Gasteiger partial charge on any atom is 0.221 e. The zero-order valence-electron chi connectivity index (χ0n) is 11.0. The number of aromatic nitrogens is 4. The van der Waals surface area contributed by atoms with Gasteiger partial charge < -0.3 is 10.3 Å². The highest BCUT2D eigenvalue weighted by atomic mass is 35.5. The van der Waals surface area contributed by atoms with Crippen LogP contribution >= 0.6 is 11.6 Å². The normalized spacial score (nSPS) is 10.4. The summed E-state index contributed by atoms with van der Waals surface area (Å²) >= 11 is 5.96. The number of hydrogen-bond acceptors (Lipinski definition) is 4. The molecule has 0 spiro atoms. The van der Waals surface area contributed by atoms with Crippen molar-refractivity contribution in [1.29, 1.82) is 0 Å². The minimum absolute atomic E-state index is 0.155. The SMILES string of the molecule is Cc1ncc(C#Cc2nc(N)ncc2Cl)n1C(C)C. The standard InChI is InChI=1S/C13H14ClN5/c1-8(2)19-9(3)16-6-10(19)4-5-12-11(14)7-17-13(15)18-12/h6-8H,1-3H3,(H2,15,17,18). The van der Waals surface area contributed by atoms with E-state index >= 15 is 0 Å². The predicted molar refractivity (Wildman–Crippen MR) is 74.8 cm³/mol. The van der Waals surface area contributed by atoms with Crippen LogP contribution in [0.1, 0.15) is 37.1 Å². The van der Waals surface area contributed by atoms with Gasteiger partial charge in [-0.05, 0) is 32.6 Å². The molecule has 2 aromatic heterocycles. The molecule has 0 saturated carbocycles. The maximum atomic E-state index is 5.96. The first kappa shape index (κ1) is 13.4. The van der Waals surface area contributed by atoms with Crippen molar-refractivity contribution in [3.8, 4) is 11.8 Å². The van der Waals surface area contributed by atoms with E-state index in [1.165, 1.54) is 6.20 Å². The first-order valence-corrected chi connectivity index (χ1v) is 6.20. The Morgan fingerprint density at radius 3 is 2.68 bits per heavy atom. The molecule has 0 aliphatic rings. The van der Waals surface area contributed by atoms with Crippen LogP contribution in [0.15, 0.2) is 12.4 Å². The molecular weight excluding hydrogens is 262 g/mol. The molecule has 0 amide bonds. The van der Waals surface area contributed by atoms with Gasteiger partial charge in [0.05, 0.1) is 17.4 Å². The predicted octanol–water partition coefficient (Wildman–Crippen LogP) is 2.20. The van der Waals surface area contributed by atoms with Crippen LogP contribution in [0.3, 0.4) is 0 Å². The zero-order chi connectivity index (χ0) is 14.0. The van der Waals surface area contributed by atoms with E-state index in [9.17, 15) is 0 Å². The lowest BCUT2D eigenvalue weighted by Gasteiger charge is -2.10. The number of rotatable bonds is 1. The summed E-state index contributed by atoms with van der Waals surface area (Å²) in [5.74, 6) is 7.00. The number of nitrogen functional groups attached to an aromatic ring is 1. The van der Waals surface area contributed by atoms with Gasteiger partial charge >= 0.3 is 0 Å².